The summed E-state index contributed by atoms with van der Waals surface area (Å²) in [5.74, 6) is 6.95. The lowest BCUT2D eigenvalue weighted by molar-refractivity contribution is -0.130. The Labute approximate surface area is 153 Å². The van der Waals surface area contributed by atoms with Gasteiger partial charge in [0.1, 0.15) is 5.25 Å². The van der Waals surface area contributed by atoms with Crippen LogP contribution in [0.5, 0.6) is 0 Å². The largest absolute Gasteiger partial charge is 0.342 e. The fraction of sp³-hybridized carbons (Fsp3) is 0.500. The Kier molecular flexibility index (Phi) is 6.11. The molecule has 0 spiro atoms. The van der Waals surface area contributed by atoms with Crippen molar-refractivity contribution in [1.29, 1.82) is 0 Å². The fourth-order valence-corrected chi connectivity index (χ4v) is 3.61. The van der Waals surface area contributed by atoms with Crippen molar-refractivity contribution in [3.8, 4) is 0 Å². The molecule has 0 bridgehead atoms. The predicted molar refractivity (Wildman–Crippen MR) is 102 cm³/mol. The molecule has 1 atom stereocenters. The molecule has 1 amide bonds. The Morgan fingerprint density at radius 3 is 2.28 bits per heavy atom. The molecule has 1 unspecified atom stereocenters. The highest BCUT2D eigenvalue weighted by Gasteiger charge is 2.30. The van der Waals surface area contributed by atoms with Gasteiger partial charge in [-0.3, -0.25) is 4.79 Å². The van der Waals surface area contributed by atoms with Crippen molar-refractivity contribution in [2.45, 2.75) is 50.4 Å². The molecule has 1 aromatic heterocycles. The molecular weight excluding hydrogens is 334 g/mol. The van der Waals surface area contributed by atoms with Crippen molar-refractivity contribution in [3.05, 3.63) is 41.7 Å². The maximum Gasteiger partial charge on any atom is 0.240 e. The lowest BCUT2D eigenvalue weighted by Crippen LogP contribution is -2.34. The SMILES string of the molecule is CCN(CC)C(=O)C(Sc1nnc(C(C)(C)C)n1N)c1ccccc1. The van der Waals surface area contributed by atoms with Crippen molar-refractivity contribution in [2.24, 2.45) is 0 Å². The number of nitrogens with zero attached hydrogens (tertiary/aromatic N) is 4. The van der Waals surface area contributed by atoms with Gasteiger partial charge in [-0.1, -0.05) is 62.9 Å². The molecular formula is C18H27N5OS. The van der Waals surface area contributed by atoms with Crippen LogP contribution in [0.1, 0.15) is 51.3 Å². The van der Waals surface area contributed by atoms with E-state index in [1.165, 1.54) is 16.4 Å². The number of nitrogen functional groups attached to an aromatic ring is 1. The molecule has 25 heavy (non-hydrogen) atoms. The Balaban J connectivity index is 2.38. The van der Waals surface area contributed by atoms with E-state index in [1.54, 1.807) is 0 Å². The van der Waals surface area contributed by atoms with Gasteiger partial charge in [-0.2, -0.15) is 0 Å². The van der Waals surface area contributed by atoms with Gasteiger partial charge < -0.3 is 10.7 Å². The van der Waals surface area contributed by atoms with Crippen LogP contribution in [0.4, 0.5) is 0 Å². The minimum atomic E-state index is -0.402. The van der Waals surface area contributed by atoms with Crippen LogP contribution in [0.15, 0.2) is 35.5 Å². The molecule has 0 saturated heterocycles. The molecule has 0 aliphatic rings. The molecule has 2 N–H and O–H groups in total. The Morgan fingerprint density at radius 2 is 1.80 bits per heavy atom. The third-order valence-corrected chi connectivity index (χ3v) is 5.16. The van der Waals surface area contributed by atoms with Gasteiger partial charge in [-0.05, 0) is 19.4 Å². The standard InChI is InChI=1S/C18H27N5OS/c1-6-22(7-2)15(24)14(13-11-9-8-10-12-13)25-17-21-20-16(23(17)19)18(3,4)5/h8-12,14H,6-7,19H2,1-5H3. The molecule has 0 radical (unpaired) electrons. The van der Waals surface area contributed by atoms with Gasteiger partial charge in [-0.25, -0.2) is 4.68 Å². The monoisotopic (exact) mass is 361 g/mol. The summed E-state index contributed by atoms with van der Waals surface area (Å²) in [6.45, 7) is 11.4. The van der Waals surface area contributed by atoms with E-state index in [0.717, 1.165) is 5.56 Å². The van der Waals surface area contributed by atoms with E-state index >= 15 is 0 Å². The first-order valence-corrected chi connectivity index (χ1v) is 9.38. The van der Waals surface area contributed by atoms with E-state index in [-0.39, 0.29) is 11.3 Å². The Bertz CT molecular complexity index is 704. The quantitative estimate of drug-likeness (QED) is 0.632. The van der Waals surface area contributed by atoms with Gasteiger partial charge in [0.25, 0.3) is 0 Å². The summed E-state index contributed by atoms with van der Waals surface area (Å²) in [4.78, 5) is 14.9. The zero-order valence-corrected chi connectivity index (χ0v) is 16.4. The van der Waals surface area contributed by atoms with Crippen LogP contribution >= 0.6 is 11.8 Å². The summed E-state index contributed by atoms with van der Waals surface area (Å²) in [5.41, 5.74) is 0.718. The highest BCUT2D eigenvalue weighted by molar-refractivity contribution is 8.00. The van der Waals surface area contributed by atoms with E-state index in [4.69, 9.17) is 5.84 Å². The maximum atomic E-state index is 13.0. The summed E-state index contributed by atoms with van der Waals surface area (Å²) in [6, 6.07) is 9.73. The third kappa shape index (κ3) is 4.34. The summed E-state index contributed by atoms with van der Waals surface area (Å²) in [5, 5.41) is 8.58. The van der Waals surface area contributed by atoms with Gasteiger partial charge in [0.05, 0.1) is 0 Å². The first-order valence-electron chi connectivity index (χ1n) is 8.50. The highest BCUT2D eigenvalue weighted by Crippen LogP contribution is 2.36. The van der Waals surface area contributed by atoms with Gasteiger partial charge in [0.2, 0.25) is 11.1 Å². The van der Waals surface area contributed by atoms with E-state index < -0.39 is 5.25 Å². The topological polar surface area (TPSA) is 77.0 Å². The minimum absolute atomic E-state index is 0.0570. The maximum absolute atomic E-state index is 13.0. The second-order valence-corrected chi connectivity index (χ2v) is 7.92. The van der Waals surface area contributed by atoms with E-state index in [0.29, 0.717) is 24.1 Å². The van der Waals surface area contributed by atoms with Gasteiger partial charge >= 0.3 is 0 Å². The van der Waals surface area contributed by atoms with Crippen molar-refractivity contribution >= 4 is 17.7 Å². The van der Waals surface area contributed by atoms with Crippen molar-refractivity contribution in [3.63, 3.8) is 0 Å². The predicted octanol–water partition coefficient (Wildman–Crippen LogP) is 2.99. The number of hydrogen-bond acceptors (Lipinski definition) is 5. The molecule has 0 saturated carbocycles. The number of aromatic nitrogens is 3. The molecule has 2 aromatic rings. The lowest BCUT2D eigenvalue weighted by Gasteiger charge is -2.25. The molecule has 0 aliphatic heterocycles. The number of hydrogen-bond donors (Lipinski definition) is 1. The molecule has 1 heterocycles. The summed E-state index contributed by atoms with van der Waals surface area (Å²) >= 11 is 1.35. The average molecular weight is 362 g/mol. The first-order chi connectivity index (χ1) is 11.8. The van der Waals surface area contributed by atoms with Gasteiger partial charge in [0.15, 0.2) is 5.82 Å². The first kappa shape index (κ1) is 19.3. The van der Waals surface area contributed by atoms with E-state index in [2.05, 4.69) is 10.2 Å². The van der Waals surface area contributed by atoms with Crippen LogP contribution in [0.25, 0.3) is 0 Å². The van der Waals surface area contributed by atoms with Crippen molar-refractivity contribution in [1.82, 2.24) is 19.8 Å². The molecule has 0 fully saturated rings. The van der Waals surface area contributed by atoms with Crippen molar-refractivity contribution < 1.29 is 4.79 Å². The second kappa shape index (κ2) is 7.91. The zero-order chi connectivity index (χ0) is 18.6. The molecule has 7 heteroatoms. The second-order valence-electron chi connectivity index (χ2n) is 6.85. The number of thioether (sulfide) groups is 1. The zero-order valence-electron chi connectivity index (χ0n) is 15.6. The van der Waals surface area contributed by atoms with E-state index in [1.807, 2.05) is 69.9 Å². The Hall–Kier alpha value is -2.02. The van der Waals surface area contributed by atoms with Gasteiger partial charge in [0, 0.05) is 18.5 Å². The molecule has 136 valence electrons. The van der Waals surface area contributed by atoms with Crippen LogP contribution in [0, 0.1) is 0 Å². The van der Waals surface area contributed by atoms with Crippen LogP contribution in [0.2, 0.25) is 0 Å². The summed E-state index contributed by atoms with van der Waals surface area (Å²) < 4.78 is 1.50. The molecule has 2 rings (SSSR count). The third-order valence-electron chi connectivity index (χ3n) is 3.96. The van der Waals surface area contributed by atoms with Crippen LogP contribution in [-0.4, -0.2) is 38.8 Å². The average Bonchev–Trinajstić information content (AvgIpc) is 2.95. The molecule has 0 aliphatic carbocycles. The smallest absolute Gasteiger partial charge is 0.240 e. The van der Waals surface area contributed by atoms with Gasteiger partial charge in [-0.15, -0.1) is 10.2 Å². The molecule has 1 aromatic carbocycles. The number of nitrogens with two attached hydrogens (primary N) is 1. The van der Waals surface area contributed by atoms with E-state index in [9.17, 15) is 4.79 Å². The fourth-order valence-electron chi connectivity index (χ4n) is 2.56. The lowest BCUT2D eigenvalue weighted by atomic mass is 9.96. The number of amides is 1. The minimum Gasteiger partial charge on any atom is -0.342 e. The summed E-state index contributed by atoms with van der Waals surface area (Å²) in [6.07, 6.45) is 0. The van der Waals surface area contributed by atoms with Crippen LogP contribution in [-0.2, 0) is 10.2 Å². The number of rotatable bonds is 6. The summed E-state index contributed by atoms with van der Waals surface area (Å²) in [7, 11) is 0. The normalized spacial score (nSPS) is 12.8. The number of carbonyl (C=O) groups is 1. The molecule has 6 nitrogen and oxygen atoms in total. The van der Waals surface area contributed by atoms with Crippen LogP contribution in [0.3, 0.4) is 0 Å². The highest BCUT2D eigenvalue weighted by atomic mass is 32.2. The number of likely N-dealkylation sites (N-methyl/N-ethyl adjacent to an activating group) is 1. The number of carbonyl (C=O) groups excluding carboxylic acids is 1. The number of benzene rings is 1. The Morgan fingerprint density at radius 1 is 1.20 bits per heavy atom. The van der Waals surface area contributed by atoms with Crippen molar-refractivity contribution in [2.75, 3.05) is 18.9 Å². The van der Waals surface area contributed by atoms with Crippen LogP contribution < -0.4 is 5.84 Å².